The van der Waals surface area contributed by atoms with Crippen LogP contribution in [0.4, 0.5) is 16.2 Å². The molecule has 0 aromatic heterocycles. The van der Waals surface area contributed by atoms with E-state index in [2.05, 4.69) is 11.0 Å². The highest BCUT2D eigenvalue weighted by atomic mass is 35.5. The lowest BCUT2D eigenvalue weighted by atomic mass is 10.1. The first-order valence-electron chi connectivity index (χ1n) is 10.6. The van der Waals surface area contributed by atoms with Gasteiger partial charge in [-0.1, -0.05) is 35.3 Å². The highest BCUT2D eigenvalue weighted by Gasteiger charge is 2.44. The molecule has 1 saturated carbocycles. The molecule has 3 amide bonds. The second kappa shape index (κ2) is 7.92. The molecule has 0 N–H and O–H groups in total. The van der Waals surface area contributed by atoms with Gasteiger partial charge in [-0.15, -0.1) is 0 Å². The van der Waals surface area contributed by atoms with Crippen LogP contribution in [0.25, 0.3) is 0 Å². The average Bonchev–Trinajstić information content (AvgIpc) is 3.57. The number of fused-ring (bicyclic) bond motifs is 1. The molecule has 1 saturated heterocycles. The summed E-state index contributed by atoms with van der Waals surface area (Å²) in [5.74, 6) is -0.0567. The van der Waals surface area contributed by atoms with Gasteiger partial charge in [0.25, 0.3) is 5.91 Å². The number of anilines is 2. The molecule has 2 aromatic rings. The van der Waals surface area contributed by atoms with Crippen LogP contribution in [0, 0.1) is 0 Å². The van der Waals surface area contributed by atoms with Crippen LogP contribution in [0.5, 0.6) is 0 Å². The minimum Gasteiger partial charge on any atom is -0.365 e. The van der Waals surface area contributed by atoms with Gasteiger partial charge in [0, 0.05) is 42.8 Å². The lowest BCUT2D eigenvalue weighted by Gasteiger charge is -2.39. The lowest BCUT2D eigenvalue weighted by molar-refractivity contribution is -0.122. The SMILES string of the molecule is CN1C[C@@H](C(=O)N2CCN(C3CC3)c3ccccc32)N(Cc2cc(Cl)ccc2Cl)C1=O. The van der Waals surface area contributed by atoms with Crippen LogP contribution in [0.1, 0.15) is 18.4 Å². The Kier molecular flexibility index (Phi) is 5.22. The molecule has 1 atom stereocenters. The summed E-state index contributed by atoms with van der Waals surface area (Å²) in [6, 6.07) is 13.1. The van der Waals surface area contributed by atoms with Gasteiger partial charge in [-0.2, -0.15) is 0 Å². The van der Waals surface area contributed by atoms with E-state index in [4.69, 9.17) is 23.2 Å². The van der Waals surface area contributed by atoms with Gasteiger partial charge in [0.15, 0.2) is 0 Å². The number of urea groups is 1. The third-order valence-electron chi connectivity index (χ3n) is 6.33. The first kappa shape index (κ1) is 20.5. The van der Waals surface area contributed by atoms with Crippen LogP contribution in [0.2, 0.25) is 10.0 Å². The Morgan fingerprint density at radius 3 is 2.55 bits per heavy atom. The van der Waals surface area contributed by atoms with Crippen LogP contribution in [0.3, 0.4) is 0 Å². The summed E-state index contributed by atoms with van der Waals surface area (Å²) in [7, 11) is 1.72. The standard InChI is InChI=1S/C23H24Cl2N4O2/c1-26-14-21(29(23(26)31)13-15-12-16(24)6-9-18(15)25)22(30)28-11-10-27(17-7-8-17)19-4-2-3-5-20(19)28/h2-6,9,12,17,21H,7-8,10-11,13-14H2,1H3/t21-/m0/s1. The van der Waals surface area contributed by atoms with Gasteiger partial charge in [0.05, 0.1) is 17.9 Å². The number of nitrogens with zero attached hydrogens (tertiary/aromatic N) is 4. The number of amides is 3. The van der Waals surface area contributed by atoms with E-state index in [1.807, 2.05) is 23.1 Å². The second-order valence-electron chi connectivity index (χ2n) is 8.45. The highest BCUT2D eigenvalue weighted by molar-refractivity contribution is 6.33. The summed E-state index contributed by atoms with van der Waals surface area (Å²) in [5.41, 5.74) is 2.76. The summed E-state index contributed by atoms with van der Waals surface area (Å²) < 4.78 is 0. The zero-order valence-electron chi connectivity index (χ0n) is 17.3. The summed E-state index contributed by atoms with van der Waals surface area (Å²) in [4.78, 5) is 34.1. The number of benzene rings is 2. The highest BCUT2D eigenvalue weighted by Crippen LogP contribution is 2.40. The Hall–Kier alpha value is -2.44. The summed E-state index contributed by atoms with van der Waals surface area (Å²) in [6.07, 6.45) is 2.41. The molecule has 0 bridgehead atoms. The zero-order chi connectivity index (χ0) is 21.7. The minimum absolute atomic E-state index is 0.0567. The molecule has 3 aliphatic rings. The van der Waals surface area contributed by atoms with Crippen LogP contribution in [-0.2, 0) is 11.3 Å². The third-order valence-corrected chi connectivity index (χ3v) is 6.93. The average molecular weight is 459 g/mol. The molecule has 2 fully saturated rings. The van der Waals surface area contributed by atoms with E-state index in [9.17, 15) is 9.59 Å². The molecule has 0 radical (unpaired) electrons. The number of halogens is 2. The monoisotopic (exact) mass is 458 g/mol. The van der Waals surface area contributed by atoms with Crippen molar-refractivity contribution in [3.63, 3.8) is 0 Å². The molecule has 31 heavy (non-hydrogen) atoms. The molecular formula is C23H24Cl2N4O2. The Bertz CT molecular complexity index is 1040. The molecule has 2 aliphatic heterocycles. The first-order chi connectivity index (χ1) is 14.9. The number of carbonyl (C=O) groups is 2. The molecule has 1 aliphatic carbocycles. The van der Waals surface area contributed by atoms with Crippen molar-refractivity contribution in [2.24, 2.45) is 0 Å². The van der Waals surface area contributed by atoms with Gasteiger partial charge in [-0.3, -0.25) is 4.79 Å². The fraction of sp³-hybridized carbons (Fsp3) is 0.391. The topological polar surface area (TPSA) is 47.1 Å². The predicted octanol–water partition coefficient (Wildman–Crippen LogP) is 4.25. The van der Waals surface area contributed by atoms with Gasteiger partial charge < -0.3 is 19.6 Å². The summed E-state index contributed by atoms with van der Waals surface area (Å²) in [5, 5.41) is 1.08. The van der Waals surface area contributed by atoms with E-state index in [1.165, 1.54) is 12.8 Å². The van der Waals surface area contributed by atoms with Crippen molar-refractivity contribution < 1.29 is 9.59 Å². The van der Waals surface area contributed by atoms with Crippen LogP contribution < -0.4 is 9.80 Å². The van der Waals surface area contributed by atoms with Crippen molar-refractivity contribution in [1.82, 2.24) is 9.80 Å². The minimum atomic E-state index is -0.576. The predicted molar refractivity (Wildman–Crippen MR) is 123 cm³/mol. The normalized spacial score (nSPS) is 21.0. The lowest BCUT2D eigenvalue weighted by Crippen LogP contribution is -2.52. The van der Waals surface area contributed by atoms with Crippen molar-refractivity contribution in [2.45, 2.75) is 31.5 Å². The van der Waals surface area contributed by atoms with Crippen molar-refractivity contribution in [3.8, 4) is 0 Å². The number of hydrogen-bond acceptors (Lipinski definition) is 3. The summed E-state index contributed by atoms with van der Waals surface area (Å²) in [6.45, 7) is 2.01. The number of likely N-dealkylation sites (N-methyl/N-ethyl adjacent to an activating group) is 1. The molecule has 162 valence electrons. The second-order valence-corrected chi connectivity index (χ2v) is 9.29. The van der Waals surface area contributed by atoms with E-state index >= 15 is 0 Å². The Morgan fingerprint density at radius 1 is 1.06 bits per heavy atom. The molecule has 8 heteroatoms. The van der Waals surface area contributed by atoms with E-state index < -0.39 is 6.04 Å². The van der Waals surface area contributed by atoms with Gasteiger partial charge in [0.2, 0.25) is 0 Å². The van der Waals surface area contributed by atoms with E-state index in [0.29, 0.717) is 29.2 Å². The number of para-hydroxylation sites is 2. The van der Waals surface area contributed by atoms with Crippen molar-refractivity contribution >= 4 is 46.5 Å². The maximum absolute atomic E-state index is 13.7. The number of carbonyl (C=O) groups excluding carboxylic acids is 2. The molecule has 5 rings (SSSR count). The van der Waals surface area contributed by atoms with E-state index in [1.54, 1.807) is 35.0 Å². The van der Waals surface area contributed by atoms with Crippen molar-refractivity contribution in [3.05, 3.63) is 58.1 Å². The summed E-state index contributed by atoms with van der Waals surface area (Å²) >= 11 is 12.5. The molecule has 2 heterocycles. The van der Waals surface area contributed by atoms with Gasteiger partial charge in [0.1, 0.15) is 6.04 Å². The molecule has 6 nitrogen and oxygen atoms in total. The molecular weight excluding hydrogens is 435 g/mol. The first-order valence-corrected chi connectivity index (χ1v) is 11.3. The van der Waals surface area contributed by atoms with E-state index in [0.717, 1.165) is 23.5 Å². The Balaban J connectivity index is 1.44. The fourth-order valence-corrected chi connectivity index (χ4v) is 4.96. The van der Waals surface area contributed by atoms with Crippen molar-refractivity contribution in [1.29, 1.82) is 0 Å². The molecule has 2 aromatic carbocycles. The van der Waals surface area contributed by atoms with Crippen LogP contribution >= 0.6 is 23.2 Å². The third kappa shape index (κ3) is 3.72. The Labute approximate surface area is 191 Å². The maximum Gasteiger partial charge on any atom is 0.320 e. The fourth-order valence-electron chi connectivity index (χ4n) is 4.58. The Morgan fingerprint density at radius 2 is 1.81 bits per heavy atom. The largest absolute Gasteiger partial charge is 0.365 e. The van der Waals surface area contributed by atoms with Crippen LogP contribution in [0.15, 0.2) is 42.5 Å². The zero-order valence-corrected chi connectivity index (χ0v) is 18.8. The van der Waals surface area contributed by atoms with Gasteiger partial charge in [-0.05, 0) is 48.7 Å². The quantitative estimate of drug-likeness (QED) is 0.687. The number of hydrogen-bond donors (Lipinski definition) is 0. The van der Waals surface area contributed by atoms with E-state index in [-0.39, 0.29) is 18.5 Å². The van der Waals surface area contributed by atoms with Crippen LogP contribution in [-0.4, -0.2) is 60.5 Å². The van der Waals surface area contributed by atoms with Gasteiger partial charge in [-0.25, -0.2) is 4.79 Å². The van der Waals surface area contributed by atoms with Crippen molar-refractivity contribution in [2.75, 3.05) is 36.5 Å². The van der Waals surface area contributed by atoms with Gasteiger partial charge >= 0.3 is 6.03 Å². The number of rotatable bonds is 4. The smallest absolute Gasteiger partial charge is 0.320 e. The molecule has 0 spiro atoms. The molecule has 0 unspecified atom stereocenters. The maximum atomic E-state index is 13.7.